The van der Waals surface area contributed by atoms with Crippen LogP contribution in [0.3, 0.4) is 0 Å². The lowest BCUT2D eigenvalue weighted by Crippen LogP contribution is -2.09. The summed E-state index contributed by atoms with van der Waals surface area (Å²) in [6.07, 6.45) is 0. The van der Waals surface area contributed by atoms with E-state index in [2.05, 4.69) is 114 Å². The van der Waals surface area contributed by atoms with Crippen molar-refractivity contribution in [2.45, 2.75) is 0 Å². The standard InChI is InChI=1S/C25H20N2/c1-26(19-10-4-2-5-11-19)21-16-17-23-22-14-8-9-15-24(22)27(25(23)18-21)20-12-6-3-7-13-20/h2-18H,1H3. The van der Waals surface area contributed by atoms with Crippen molar-refractivity contribution in [2.24, 2.45) is 0 Å². The lowest BCUT2D eigenvalue weighted by molar-refractivity contribution is 1.17. The van der Waals surface area contributed by atoms with Crippen LogP contribution in [0, 0.1) is 0 Å². The molecule has 0 aliphatic heterocycles. The third-order valence-electron chi connectivity index (χ3n) is 5.20. The number of hydrogen-bond acceptors (Lipinski definition) is 1. The maximum atomic E-state index is 2.35. The van der Waals surface area contributed by atoms with Crippen LogP contribution in [-0.4, -0.2) is 11.6 Å². The van der Waals surface area contributed by atoms with E-state index in [1.165, 1.54) is 38.9 Å². The zero-order chi connectivity index (χ0) is 18.2. The summed E-state index contributed by atoms with van der Waals surface area (Å²) in [5.41, 5.74) is 6.00. The maximum Gasteiger partial charge on any atom is 0.0561 e. The molecule has 0 unspecified atom stereocenters. The first-order valence-electron chi connectivity index (χ1n) is 9.20. The molecule has 0 N–H and O–H groups in total. The van der Waals surface area contributed by atoms with Gasteiger partial charge in [0.15, 0.2) is 0 Å². The van der Waals surface area contributed by atoms with E-state index in [0.29, 0.717) is 0 Å². The van der Waals surface area contributed by atoms with E-state index in [1.54, 1.807) is 0 Å². The molecule has 0 radical (unpaired) electrons. The van der Waals surface area contributed by atoms with Crippen LogP contribution < -0.4 is 4.90 Å². The summed E-state index contributed by atoms with van der Waals surface area (Å²) in [6, 6.07) is 36.4. The van der Waals surface area contributed by atoms with Crippen LogP contribution in [0.1, 0.15) is 0 Å². The second-order valence-electron chi connectivity index (χ2n) is 6.78. The molecule has 2 heteroatoms. The predicted molar refractivity (Wildman–Crippen MR) is 115 cm³/mol. The molecule has 0 saturated heterocycles. The number of anilines is 2. The van der Waals surface area contributed by atoms with E-state index in [0.717, 1.165) is 0 Å². The lowest BCUT2D eigenvalue weighted by Gasteiger charge is -2.20. The Labute approximate surface area is 158 Å². The second kappa shape index (κ2) is 6.33. The van der Waals surface area contributed by atoms with Crippen molar-refractivity contribution >= 4 is 33.2 Å². The highest BCUT2D eigenvalue weighted by atomic mass is 15.1. The topological polar surface area (TPSA) is 8.17 Å². The molecule has 0 spiro atoms. The fourth-order valence-corrected chi connectivity index (χ4v) is 3.82. The van der Waals surface area contributed by atoms with Crippen LogP contribution in [0.4, 0.5) is 11.4 Å². The average Bonchev–Trinajstić information content (AvgIpc) is 3.08. The van der Waals surface area contributed by atoms with Crippen LogP contribution in [0.2, 0.25) is 0 Å². The Morgan fingerprint density at radius 3 is 1.96 bits per heavy atom. The molecule has 27 heavy (non-hydrogen) atoms. The zero-order valence-corrected chi connectivity index (χ0v) is 15.2. The van der Waals surface area contributed by atoms with Gasteiger partial charge in [-0.05, 0) is 42.5 Å². The largest absolute Gasteiger partial charge is 0.345 e. The van der Waals surface area contributed by atoms with E-state index in [-0.39, 0.29) is 0 Å². The summed E-state index contributed by atoms with van der Waals surface area (Å²) >= 11 is 0. The molecule has 0 aliphatic carbocycles. The summed E-state index contributed by atoms with van der Waals surface area (Å²) in [6.45, 7) is 0. The van der Waals surface area contributed by atoms with Gasteiger partial charge in [0, 0.05) is 34.9 Å². The highest BCUT2D eigenvalue weighted by Crippen LogP contribution is 2.35. The minimum Gasteiger partial charge on any atom is -0.345 e. The van der Waals surface area contributed by atoms with Gasteiger partial charge < -0.3 is 9.47 Å². The van der Waals surface area contributed by atoms with Gasteiger partial charge in [-0.1, -0.05) is 60.7 Å². The number of rotatable bonds is 3. The molecule has 0 amide bonds. The summed E-state index contributed by atoms with van der Waals surface area (Å²) < 4.78 is 2.35. The SMILES string of the molecule is CN(c1ccccc1)c1ccc2c3ccccc3n(-c3ccccc3)c2c1. The second-order valence-corrected chi connectivity index (χ2v) is 6.78. The summed E-state index contributed by atoms with van der Waals surface area (Å²) in [4.78, 5) is 2.23. The highest BCUT2D eigenvalue weighted by molar-refractivity contribution is 6.10. The summed E-state index contributed by atoms with van der Waals surface area (Å²) in [5, 5.41) is 2.56. The summed E-state index contributed by atoms with van der Waals surface area (Å²) in [5.74, 6) is 0. The van der Waals surface area contributed by atoms with Gasteiger partial charge in [-0.15, -0.1) is 0 Å². The van der Waals surface area contributed by atoms with Gasteiger partial charge in [0.1, 0.15) is 0 Å². The van der Waals surface area contributed by atoms with E-state index >= 15 is 0 Å². The van der Waals surface area contributed by atoms with Crippen molar-refractivity contribution in [3.63, 3.8) is 0 Å². The number of benzene rings is 4. The van der Waals surface area contributed by atoms with E-state index in [1.807, 2.05) is 6.07 Å². The Balaban J connectivity index is 1.78. The molecule has 0 atom stereocenters. The van der Waals surface area contributed by atoms with E-state index in [4.69, 9.17) is 0 Å². The number of aromatic nitrogens is 1. The van der Waals surface area contributed by atoms with Gasteiger partial charge in [-0.3, -0.25) is 0 Å². The average molecular weight is 348 g/mol. The van der Waals surface area contributed by atoms with Gasteiger partial charge in [0.05, 0.1) is 11.0 Å². The van der Waals surface area contributed by atoms with Crippen LogP contribution in [0.15, 0.2) is 103 Å². The zero-order valence-electron chi connectivity index (χ0n) is 15.2. The van der Waals surface area contributed by atoms with Gasteiger partial charge in [0.25, 0.3) is 0 Å². The smallest absolute Gasteiger partial charge is 0.0561 e. The maximum absolute atomic E-state index is 2.35. The van der Waals surface area contributed by atoms with Crippen LogP contribution in [0.25, 0.3) is 27.5 Å². The van der Waals surface area contributed by atoms with E-state index in [9.17, 15) is 0 Å². The molecule has 0 fully saturated rings. The van der Waals surface area contributed by atoms with Crippen molar-refractivity contribution in [2.75, 3.05) is 11.9 Å². The van der Waals surface area contributed by atoms with Crippen LogP contribution >= 0.6 is 0 Å². The molecule has 5 aromatic rings. The Bertz CT molecular complexity index is 1220. The molecule has 5 rings (SSSR count). The van der Waals surface area contributed by atoms with Crippen molar-refractivity contribution in [3.05, 3.63) is 103 Å². The molecule has 2 nitrogen and oxygen atoms in total. The molecule has 0 aliphatic rings. The molecule has 0 saturated carbocycles. The van der Waals surface area contributed by atoms with Crippen LogP contribution in [-0.2, 0) is 0 Å². The first-order valence-corrected chi connectivity index (χ1v) is 9.20. The van der Waals surface area contributed by atoms with Crippen molar-refractivity contribution in [1.82, 2.24) is 4.57 Å². The van der Waals surface area contributed by atoms with Gasteiger partial charge in [0.2, 0.25) is 0 Å². The fraction of sp³-hybridized carbons (Fsp3) is 0.0400. The normalized spacial score (nSPS) is 11.1. The molecule has 0 bridgehead atoms. The molecule has 1 heterocycles. The Morgan fingerprint density at radius 2 is 1.19 bits per heavy atom. The minimum atomic E-state index is 1.17. The van der Waals surface area contributed by atoms with Gasteiger partial charge in [-0.25, -0.2) is 0 Å². The van der Waals surface area contributed by atoms with Crippen molar-refractivity contribution < 1.29 is 0 Å². The first kappa shape index (κ1) is 15.7. The van der Waals surface area contributed by atoms with Crippen LogP contribution in [0.5, 0.6) is 0 Å². The third-order valence-corrected chi connectivity index (χ3v) is 5.20. The van der Waals surface area contributed by atoms with E-state index < -0.39 is 0 Å². The molecule has 4 aromatic carbocycles. The highest BCUT2D eigenvalue weighted by Gasteiger charge is 2.13. The molecular weight excluding hydrogens is 328 g/mol. The predicted octanol–water partition coefficient (Wildman–Crippen LogP) is 6.55. The third kappa shape index (κ3) is 2.58. The lowest BCUT2D eigenvalue weighted by atomic mass is 10.1. The number of fused-ring (bicyclic) bond motifs is 3. The van der Waals surface area contributed by atoms with Crippen molar-refractivity contribution in [3.8, 4) is 5.69 Å². The van der Waals surface area contributed by atoms with Gasteiger partial charge in [-0.2, -0.15) is 0 Å². The number of nitrogens with zero attached hydrogens (tertiary/aromatic N) is 2. The summed E-state index contributed by atoms with van der Waals surface area (Å²) in [7, 11) is 2.12. The molecule has 130 valence electrons. The number of hydrogen-bond donors (Lipinski definition) is 0. The molecule has 1 aromatic heterocycles. The Kier molecular flexibility index (Phi) is 3.68. The fourth-order valence-electron chi connectivity index (χ4n) is 3.82. The Hall–Kier alpha value is -3.52. The minimum absolute atomic E-state index is 1.17. The first-order chi connectivity index (χ1) is 13.3. The molecular formula is C25H20N2. The monoisotopic (exact) mass is 348 g/mol. The Morgan fingerprint density at radius 1 is 0.556 bits per heavy atom. The van der Waals surface area contributed by atoms with Crippen molar-refractivity contribution in [1.29, 1.82) is 0 Å². The number of para-hydroxylation sites is 3. The van der Waals surface area contributed by atoms with Gasteiger partial charge >= 0.3 is 0 Å². The quantitative estimate of drug-likeness (QED) is 0.359.